The number of ether oxygens (including phenoxy) is 9. The van der Waals surface area contributed by atoms with Crippen LogP contribution in [-0.4, -0.2) is 87.2 Å². The first kappa shape index (κ1) is 41.8. The number of esters is 5. The van der Waals surface area contributed by atoms with Crippen LogP contribution in [0.1, 0.15) is 50.8 Å². The Hall–Kier alpha value is -5.83. The van der Waals surface area contributed by atoms with Gasteiger partial charge in [0.2, 0.25) is 12.6 Å². The molecule has 8 atom stereocenters. The van der Waals surface area contributed by atoms with E-state index in [1.165, 1.54) is 20.3 Å². The van der Waals surface area contributed by atoms with Gasteiger partial charge in [-0.3, -0.25) is 19.2 Å². The van der Waals surface area contributed by atoms with Crippen molar-refractivity contribution in [3.63, 3.8) is 0 Å². The third-order valence-electron chi connectivity index (χ3n) is 10.2. The normalized spacial score (nSPS) is 25.1. The summed E-state index contributed by atoms with van der Waals surface area (Å²) < 4.78 is 53.3. The van der Waals surface area contributed by atoms with Crippen molar-refractivity contribution < 1.29 is 66.6 Å². The van der Waals surface area contributed by atoms with Crippen molar-refractivity contribution in [3.05, 3.63) is 131 Å². The van der Waals surface area contributed by atoms with Crippen molar-refractivity contribution in [1.82, 2.24) is 0 Å². The predicted octanol–water partition coefficient (Wildman–Crippen LogP) is 5.07. The highest BCUT2D eigenvalue weighted by Crippen LogP contribution is 2.47. The standard InChI is InChI=1S/C44H46O14/c1-26(45)51-25-36-38(54-27(2)46)39(55-28(3)47)40(56-29(4)48)43(57-36)58-42-37-30(21-22-34(37)35(24-52-42)41(49)50-5)23-53-44(31-15-9-6-10-16-31,32-17-11-7-12-18-32)33-19-13-8-14-20-33/h6-21,24,34,36-40,42-43H,22-23,25H2,1-5H3/t34-,36-,37-,38-,39+,40-,42+,43+/m1/s1. The summed E-state index contributed by atoms with van der Waals surface area (Å²) in [5, 5.41) is 0. The molecule has 0 bridgehead atoms. The van der Waals surface area contributed by atoms with Gasteiger partial charge in [0.1, 0.15) is 18.3 Å². The molecule has 0 unspecified atom stereocenters. The molecule has 0 N–H and O–H groups in total. The summed E-state index contributed by atoms with van der Waals surface area (Å²) in [4.78, 5) is 62.3. The molecule has 0 spiro atoms. The zero-order chi connectivity index (χ0) is 41.4. The van der Waals surface area contributed by atoms with Crippen molar-refractivity contribution in [2.45, 2.75) is 76.7 Å². The summed E-state index contributed by atoms with van der Waals surface area (Å²) in [6.45, 7) is 4.18. The summed E-state index contributed by atoms with van der Waals surface area (Å²) in [5.41, 5.74) is 2.53. The molecule has 2 aliphatic heterocycles. The Morgan fingerprint density at radius 1 is 0.672 bits per heavy atom. The van der Waals surface area contributed by atoms with E-state index in [4.69, 9.17) is 42.6 Å². The minimum Gasteiger partial charge on any atom is -0.471 e. The Labute approximate surface area is 335 Å². The Kier molecular flexibility index (Phi) is 13.4. The van der Waals surface area contributed by atoms with Crippen molar-refractivity contribution in [1.29, 1.82) is 0 Å². The van der Waals surface area contributed by atoms with E-state index in [9.17, 15) is 24.0 Å². The number of benzene rings is 3. The first-order chi connectivity index (χ1) is 27.9. The molecule has 306 valence electrons. The molecule has 3 aromatic rings. The van der Waals surface area contributed by atoms with E-state index in [2.05, 4.69) is 0 Å². The van der Waals surface area contributed by atoms with Gasteiger partial charge in [-0.15, -0.1) is 0 Å². The molecule has 14 nitrogen and oxygen atoms in total. The number of carbonyl (C=O) groups excluding carboxylic acids is 5. The number of rotatable bonds is 14. The Morgan fingerprint density at radius 3 is 1.69 bits per heavy atom. The minimum atomic E-state index is -1.54. The molecule has 3 aliphatic rings. The molecule has 0 saturated carbocycles. The second-order valence-electron chi connectivity index (χ2n) is 14.0. The van der Waals surface area contributed by atoms with Crippen LogP contribution in [0.25, 0.3) is 0 Å². The van der Waals surface area contributed by atoms with Crippen molar-refractivity contribution in [2.24, 2.45) is 11.8 Å². The van der Waals surface area contributed by atoms with Crippen LogP contribution in [0.2, 0.25) is 0 Å². The summed E-state index contributed by atoms with van der Waals surface area (Å²) in [7, 11) is 1.28. The average molecular weight is 799 g/mol. The first-order valence-corrected chi connectivity index (χ1v) is 18.8. The number of hydrogen-bond acceptors (Lipinski definition) is 14. The molecule has 1 fully saturated rings. The maximum Gasteiger partial charge on any atom is 0.337 e. The van der Waals surface area contributed by atoms with Gasteiger partial charge in [-0.2, -0.15) is 0 Å². The van der Waals surface area contributed by atoms with E-state index in [1.807, 2.05) is 97.1 Å². The molecular formula is C44H46O14. The maximum atomic E-state index is 13.1. The van der Waals surface area contributed by atoms with Crippen LogP contribution >= 0.6 is 0 Å². The third kappa shape index (κ3) is 9.14. The van der Waals surface area contributed by atoms with Crippen molar-refractivity contribution >= 4 is 29.8 Å². The van der Waals surface area contributed by atoms with Crippen molar-refractivity contribution in [2.75, 3.05) is 20.3 Å². The molecule has 3 aromatic carbocycles. The molecular weight excluding hydrogens is 752 g/mol. The second kappa shape index (κ2) is 18.6. The fraction of sp³-hybridized carbons (Fsp3) is 0.386. The lowest BCUT2D eigenvalue weighted by atomic mass is 9.79. The number of carbonyl (C=O) groups is 5. The highest BCUT2D eigenvalue weighted by molar-refractivity contribution is 5.89. The van der Waals surface area contributed by atoms with Crippen molar-refractivity contribution in [3.8, 4) is 0 Å². The minimum absolute atomic E-state index is 0.0378. The van der Waals surface area contributed by atoms with Crippen LogP contribution in [0.5, 0.6) is 0 Å². The molecule has 1 saturated heterocycles. The molecule has 2 heterocycles. The van der Waals surface area contributed by atoms with Crippen LogP contribution in [0.15, 0.2) is 114 Å². The second-order valence-corrected chi connectivity index (χ2v) is 14.0. The van der Waals surface area contributed by atoms with Gasteiger partial charge in [-0.05, 0) is 28.7 Å². The molecule has 1 aliphatic carbocycles. The van der Waals surface area contributed by atoms with Crippen LogP contribution in [0.4, 0.5) is 0 Å². The molecule has 14 heteroatoms. The van der Waals surface area contributed by atoms with Gasteiger partial charge in [0, 0.05) is 33.6 Å². The number of allylic oxidation sites excluding steroid dienone is 1. The van der Waals surface area contributed by atoms with Gasteiger partial charge in [0.05, 0.1) is 31.5 Å². The largest absolute Gasteiger partial charge is 0.471 e. The van der Waals surface area contributed by atoms with Gasteiger partial charge < -0.3 is 42.6 Å². The zero-order valence-electron chi connectivity index (χ0n) is 32.8. The van der Waals surface area contributed by atoms with Gasteiger partial charge in [0.25, 0.3) is 0 Å². The van der Waals surface area contributed by atoms with E-state index in [0.717, 1.165) is 43.0 Å². The lowest BCUT2D eigenvalue weighted by Crippen LogP contribution is -2.63. The fourth-order valence-electron chi connectivity index (χ4n) is 7.80. The van der Waals surface area contributed by atoms with Gasteiger partial charge >= 0.3 is 29.8 Å². The van der Waals surface area contributed by atoms with Crippen LogP contribution < -0.4 is 0 Å². The topological polar surface area (TPSA) is 168 Å². The summed E-state index contributed by atoms with van der Waals surface area (Å²) in [6, 6.07) is 29.5. The maximum absolute atomic E-state index is 13.1. The van der Waals surface area contributed by atoms with Gasteiger partial charge in [-0.25, -0.2) is 4.79 Å². The summed E-state index contributed by atoms with van der Waals surface area (Å²) in [5.74, 6) is -4.79. The highest BCUT2D eigenvalue weighted by Gasteiger charge is 2.55. The average Bonchev–Trinajstić information content (AvgIpc) is 3.64. The van der Waals surface area contributed by atoms with E-state index >= 15 is 0 Å². The predicted molar refractivity (Wildman–Crippen MR) is 203 cm³/mol. The molecule has 0 radical (unpaired) electrons. The number of methoxy groups -OCH3 is 1. The van der Waals surface area contributed by atoms with Crippen LogP contribution in [0.3, 0.4) is 0 Å². The highest BCUT2D eigenvalue weighted by atomic mass is 16.8. The molecule has 6 rings (SSSR count). The third-order valence-corrected chi connectivity index (χ3v) is 10.2. The monoisotopic (exact) mass is 798 g/mol. The first-order valence-electron chi connectivity index (χ1n) is 18.8. The molecule has 58 heavy (non-hydrogen) atoms. The molecule has 0 aromatic heterocycles. The Balaban J connectivity index is 1.39. The Bertz CT molecular complexity index is 1900. The lowest BCUT2D eigenvalue weighted by molar-refractivity contribution is -0.342. The zero-order valence-corrected chi connectivity index (χ0v) is 32.8. The van der Waals surface area contributed by atoms with E-state index in [1.54, 1.807) is 0 Å². The number of fused-ring (bicyclic) bond motifs is 1. The SMILES string of the molecule is COC(=O)C1=CO[C@@H](O[C@@H]2O[C@H](COC(C)=O)[C@@H](OC(C)=O)[C@H](OC(C)=O)[C@H]2OC(C)=O)[C@@H]2C(COC(c3ccccc3)(c3ccccc3)c3ccccc3)=CC[C@H]12. The fourth-order valence-corrected chi connectivity index (χ4v) is 7.80. The van der Waals surface area contributed by atoms with Crippen LogP contribution in [0, 0.1) is 11.8 Å². The Morgan fingerprint density at radius 2 is 1.19 bits per heavy atom. The quantitative estimate of drug-likeness (QED) is 0.0917. The summed E-state index contributed by atoms with van der Waals surface area (Å²) in [6.07, 6.45) is -4.72. The summed E-state index contributed by atoms with van der Waals surface area (Å²) >= 11 is 0. The molecule has 0 amide bonds. The number of hydrogen-bond donors (Lipinski definition) is 0. The van der Waals surface area contributed by atoms with Gasteiger partial charge in [-0.1, -0.05) is 97.1 Å². The van der Waals surface area contributed by atoms with E-state index in [-0.39, 0.29) is 12.2 Å². The van der Waals surface area contributed by atoms with Gasteiger partial charge in [0.15, 0.2) is 18.3 Å². The van der Waals surface area contributed by atoms with E-state index < -0.39 is 90.9 Å². The smallest absolute Gasteiger partial charge is 0.337 e. The lowest BCUT2D eigenvalue weighted by Gasteiger charge is -2.46. The van der Waals surface area contributed by atoms with E-state index in [0.29, 0.717) is 6.42 Å². The van der Waals surface area contributed by atoms with Crippen LogP contribution in [-0.2, 0) is 72.2 Å².